The third-order valence-electron chi connectivity index (χ3n) is 1.61. The molecule has 1 aromatic carbocycles. The van der Waals surface area contributed by atoms with Gasteiger partial charge in [0, 0.05) is 0 Å². The molecule has 17 heavy (non-hydrogen) atoms. The van der Waals surface area contributed by atoms with E-state index in [1.54, 1.807) is 11.3 Å². The van der Waals surface area contributed by atoms with E-state index in [-0.39, 0.29) is 32.3 Å². The van der Waals surface area contributed by atoms with Gasteiger partial charge in [0.25, 0.3) is 0 Å². The first-order chi connectivity index (χ1) is 7.96. The van der Waals surface area contributed by atoms with Crippen LogP contribution < -0.4 is 0 Å². The Bertz CT molecular complexity index is 381. The van der Waals surface area contributed by atoms with Gasteiger partial charge < -0.3 is 5.11 Å². The summed E-state index contributed by atoms with van der Waals surface area (Å²) in [4.78, 5) is 0. The second kappa shape index (κ2) is 6.93. The first-order valence-electron chi connectivity index (χ1n) is 4.14. The Morgan fingerprint density at radius 2 is 1.12 bits per heavy atom. The van der Waals surface area contributed by atoms with E-state index in [0.29, 0.717) is 0 Å². The standard InChI is InChI=1S/C6HCl5O.C4H4S/c7-1-2(8)4(10)6(12)5(11)3(1)9;1-2-4-5-3-1/h12H;1-4H/p+1. The fourth-order valence-corrected chi connectivity index (χ4v) is 2.40. The molecule has 1 heterocycles. The molecule has 7 heteroatoms. The molecule has 0 saturated heterocycles. The van der Waals surface area contributed by atoms with E-state index >= 15 is 0 Å². The summed E-state index contributed by atoms with van der Waals surface area (Å²) in [6, 6.07) is 4.04. The van der Waals surface area contributed by atoms with Gasteiger partial charge in [0.05, 0.1) is 15.1 Å². The van der Waals surface area contributed by atoms with Gasteiger partial charge in [-0.25, -0.2) is 0 Å². The van der Waals surface area contributed by atoms with Crippen molar-refractivity contribution in [2.75, 3.05) is 0 Å². The molecule has 0 unspecified atom stereocenters. The molecule has 0 bridgehead atoms. The third-order valence-corrected chi connectivity index (χ3v) is 4.50. The normalized spacial score (nSPS) is 9.71. The van der Waals surface area contributed by atoms with Gasteiger partial charge in [0.1, 0.15) is 10.0 Å². The number of halogens is 5. The topological polar surface area (TPSA) is 20.2 Å². The molecule has 0 atom stereocenters. The number of aromatic hydroxyl groups is 1. The molecular weight excluding hydrogens is 345 g/mol. The van der Waals surface area contributed by atoms with E-state index < -0.39 is 0 Å². The largest absolute Gasteiger partial charge is 1.00 e. The van der Waals surface area contributed by atoms with Gasteiger partial charge in [-0.2, -0.15) is 11.3 Å². The van der Waals surface area contributed by atoms with Crippen molar-refractivity contribution >= 4 is 69.3 Å². The Labute approximate surface area is 129 Å². The number of thiophene rings is 1. The van der Waals surface area contributed by atoms with Gasteiger partial charge in [-0.15, -0.1) is 0 Å². The summed E-state index contributed by atoms with van der Waals surface area (Å²) in [5.41, 5.74) is 0. The molecular formula is C10H6Cl5OS+. The summed E-state index contributed by atoms with van der Waals surface area (Å²) in [5, 5.41) is 13.1. The van der Waals surface area contributed by atoms with Crippen molar-refractivity contribution in [1.82, 2.24) is 0 Å². The lowest BCUT2D eigenvalue weighted by molar-refractivity contribution is 0.476. The van der Waals surface area contributed by atoms with Crippen LogP contribution in [0.25, 0.3) is 0 Å². The third kappa shape index (κ3) is 3.82. The van der Waals surface area contributed by atoms with Crippen molar-refractivity contribution in [1.29, 1.82) is 0 Å². The van der Waals surface area contributed by atoms with E-state index in [0.717, 1.165) is 0 Å². The first-order valence-corrected chi connectivity index (χ1v) is 6.97. The number of rotatable bonds is 0. The summed E-state index contributed by atoms with van der Waals surface area (Å²) >= 11 is 29.6. The Morgan fingerprint density at radius 1 is 0.765 bits per heavy atom. The van der Waals surface area contributed by atoms with Gasteiger partial charge >= 0.3 is 1.43 Å². The zero-order valence-corrected chi connectivity index (χ0v) is 12.7. The fraction of sp³-hybridized carbons (Fsp3) is 0. The van der Waals surface area contributed by atoms with Crippen LogP contribution in [-0.4, -0.2) is 5.11 Å². The fourth-order valence-electron chi connectivity index (χ4n) is 0.820. The van der Waals surface area contributed by atoms with E-state index in [1.807, 2.05) is 22.9 Å². The Balaban J connectivity index is 0.000000405. The Morgan fingerprint density at radius 3 is 1.41 bits per heavy atom. The Hall–Kier alpha value is 0.170. The average molecular weight is 351 g/mol. The second-order valence-corrected chi connectivity index (χ2v) is 5.42. The maximum Gasteiger partial charge on any atom is 1.00 e. The summed E-state index contributed by atoms with van der Waals surface area (Å²) in [7, 11) is 0. The molecule has 0 spiro atoms. The molecule has 1 aromatic heterocycles. The monoisotopic (exact) mass is 349 g/mol. The van der Waals surface area contributed by atoms with E-state index in [4.69, 9.17) is 58.0 Å². The van der Waals surface area contributed by atoms with Crippen LogP contribution in [-0.2, 0) is 0 Å². The molecule has 0 fully saturated rings. The van der Waals surface area contributed by atoms with Crippen molar-refractivity contribution in [3.8, 4) is 5.75 Å². The molecule has 0 aliphatic rings. The van der Waals surface area contributed by atoms with Gasteiger partial charge in [-0.05, 0) is 10.8 Å². The summed E-state index contributed by atoms with van der Waals surface area (Å²) in [6.45, 7) is 0. The highest BCUT2D eigenvalue weighted by Crippen LogP contribution is 2.47. The van der Waals surface area contributed by atoms with Crippen LogP contribution in [0.4, 0.5) is 0 Å². The SMILES string of the molecule is Oc1c(Cl)c(Cl)c(Cl)c(Cl)c1Cl.[H+].c1ccsc1. The molecule has 0 amide bonds. The number of phenols is 1. The number of hydrogen-bond acceptors (Lipinski definition) is 2. The van der Waals surface area contributed by atoms with E-state index in [9.17, 15) is 5.11 Å². The predicted octanol–water partition coefficient (Wildman–Crippen LogP) is 6.52. The van der Waals surface area contributed by atoms with Gasteiger partial charge in [-0.1, -0.05) is 70.1 Å². The van der Waals surface area contributed by atoms with Gasteiger partial charge in [-0.3, -0.25) is 0 Å². The molecule has 2 aromatic rings. The molecule has 0 aliphatic carbocycles. The van der Waals surface area contributed by atoms with Crippen molar-refractivity contribution in [2.24, 2.45) is 0 Å². The second-order valence-electron chi connectivity index (χ2n) is 2.71. The van der Waals surface area contributed by atoms with Crippen LogP contribution in [0.1, 0.15) is 1.43 Å². The molecule has 0 saturated carbocycles. The van der Waals surface area contributed by atoms with Crippen LogP contribution in [0, 0.1) is 0 Å². The quantitative estimate of drug-likeness (QED) is 0.423. The van der Waals surface area contributed by atoms with Gasteiger partial charge in [0.2, 0.25) is 0 Å². The van der Waals surface area contributed by atoms with Crippen molar-refractivity contribution in [2.45, 2.75) is 0 Å². The Kier molecular flexibility index (Phi) is 6.21. The van der Waals surface area contributed by atoms with E-state index in [1.165, 1.54) is 0 Å². The smallest absolute Gasteiger partial charge is 0.505 e. The minimum Gasteiger partial charge on any atom is -0.505 e. The lowest BCUT2D eigenvalue weighted by Crippen LogP contribution is -1.78. The first kappa shape index (κ1) is 15.2. The van der Waals surface area contributed by atoms with Crippen molar-refractivity contribution in [3.63, 3.8) is 0 Å². The molecule has 1 nitrogen and oxygen atoms in total. The number of benzene rings is 1. The molecule has 92 valence electrons. The minimum absolute atomic E-state index is 0. The molecule has 1 N–H and O–H groups in total. The zero-order valence-electron chi connectivity index (χ0n) is 9.05. The van der Waals surface area contributed by atoms with Crippen LogP contribution >= 0.6 is 69.3 Å². The van der Waals surface area contributed by atoms with Crippen LogP contribution in [0.3, 0.4) is 0 Å². The average Bonchev–Trinajstić information content (AvgIpc) is 2.90. The summed E-state index contributed by atoms with van der Waals surface area (Å²) in [6.07, 6.45) is 0. The minimum atomic E-state index is -0.363. The number of phenolic OH excluding ortho intramolecular Hbond substituents is 1. The number of hydrogen-bond donors (Lipinski definition) is 1. The van der Waals surface area contributed by atoms with Crippen molar-refractivity contribution in [3.05, 3.63) is 48.0 Å². The maximum absolute atomic E-state index is 9.20. The predicted molar refractivity (Wildman–Crippen MR) is 78.6 cm³/mol. The lowest BCUT2D eigenvalue weighted by Gasteiger charge is -2.06. The highest BCUT2D eigenvalue weighted by molar-refractivity contribution is 7.07. The summed E-state index contributed by atoms with van der Waals surface area (Å²) in [5.74, 6) is -0.363. The lowest BCUT2D eigenvalue weighted by atomic mass is 10.3. The highest BCUT2D eigenvalue weighted by Gasteiger charge is 2.18. The van der Waals surface area contributed by atoms with Gasteiger partial charge in [0.15, 0.2) is 5.75 Å². The molecule has 0 radical (unpaired) electrons. The maximum atomic E-state index is 9.20. The molecule has 0 aliphatic heterocycles. The highest BCUT2D eigenvalue weighted by atomic mass is 35.5. The summed E-state index contributed by atoms with van der Waals surface area (Å²) < 4.78 is 0. The molecule has 2 rings (SSSR count). The zero-order chi connectivity index (χ0) is 13.0. The van der Waals surface area contributed by atoms with Crippen LogP contribution in [0.15, 0.2) is 22.9 Å². The van der Waals surface area contributed by atoms with E-state index in [2.05, 4.69) is 0 Å². The van der Waals surface area contributed by atoms with Crippen LogP contribution in [0.5, 0.6) is 5.75 Å². The van der Waals surface area contributed by atoms with Crippen molar-refractivity contribution < 1.29 is 6.53 Å². The van der Waals surface area contributed by atoms with Crippen LogP contribution in [0.2, 0.25) is 25.1 Å².